The second kappa shape index (κ2) is 10.5. The van der Waals surface area contributed by atoms with Crippen LogP contribution in [0.4, 0.5) is 17.3 Å². The lowest BCUT2D eigenvalue weighted by atomic mass is 10.2. The van der Waals surface area contributed by atoms with Gasteiger partial charge in [-0.2, -0.15) is 0 Å². The van der Waals surface area contributed by atoms with E-state index in [1.165, 1.54) is 25.7 Å². The first-order valence-electron chi connectivity index (χ1n) is 9.47. The standard InChI is InChI=1S/C20H31N5/c1-3-5-10-14-22-19-17(21)20(23-15-11-6-4-2)25-18(24-19)16-12-8-7-9-13-16/h7-9,12-13H,3-6,10-11,14-15,21H2,1-2H3,(H2,22,23,24,25). The van der Waals surface area contributed by atoms with E-state index in [1.807, 2.05) is 30.3 Å². The summed E-state index contributed by atoms with van der Waals surface area (Å²) in [5, 5.41) is 6.77. The summed E-state index contributed by atoms with van der Waals surface area (Å²) >= 11 is 0. The smallest absolute Gasteiger partial charge is 0.164 e. The van der Waals surface area contributed by atoms with Gasteiger partial charge in [-0.3, -0.25) is 0 Å². The molecule has 0 aliphatic heterocycles. The molecule has 0 aliphatic carbocycles. The Kier molecular flexibility index (Phi) is 8.02. The molecule has 5 nitrogen and oxygen atoms in total. The van der Waals surface area contributed by atoms with Crippen LogP contribution in [0, 0.1) is 0 Å². The first kappa shape index (κ1) is 19.0. The van der Waals surface area contributed by atoms with Gasteiger partial charge in [0.1, 0.15) is 5.69 Å². The van der Waals surface area contributed by atoms with Crippen LogP contribution in [0.2, 0.25) is 0 Å². The SMILES string of the molecule is CCCCCNc1nc(-c2ccccc2)nc(NCCCCC)c1N. The Morgan fingerprint density at radius 1 is 0.800 bits per heavy atom. The molecule has 0 atom stereocenters. The molecule has 25 heavy (non-hydrogen) atoms. The highest BCUT2D eigenvalue weighted by Crippen LogP contribution is 2.28. The van der Waals surface area contributed by atoms with Crippen molar-refractivity contribution in [2.24, 2.45) is 0 Å². The van der Waals surface area contributed by atoms with Crippen LogP contribution in [-0.2, 0) is 0 Å². The Labute approximate surface area is 151 Å². The Balaban J connectivity index is 2.20. The third-order valence-corrected chi connectivity index (χ3v) is 4.12. The molecule has 1 heterocycles. The molecule has 0 saturated carbocycles. The summed E-state index contributed by atoms with van der Waals surface area (Å²) in [5.74, 6) is 2.15. The molecule has 0 radical (unpaired) electrons. The summed E-state index contributed by atoms with van der Waals surface area (Å²) < 4.78 is 0. The fourth-order valence-electron chi connectivity index (χ4n) is 2.62. The van der Waals surface area contributed by atoms with Gasteiger partial charge in [0.2, 0.25) is 0 Å². The number of aromatic nitrogens is 2. The lowest BCUT2D eigenvalue weighted by Gasteiger charge is -2.15. The van der Waals surface area contributed by atoms with E-state index in [9.17, 15) is 0 Å². The number of benzene rings is 1. The maximum Gasteiger partial charge on any atom is 0.164 e. The van der Waals surface area contributed by atoms with E-state index in [1.54, 1.807) is 0 Å². The highest BCUT2D eigenvalue weighted by molar-refractivity contribution is 5.77. The van der Waals surface area contributed by atoms with Gasteiger partial charge >= 0.3 is 0 Å². The molecule has 0 aliphatic rings. The summed E-state index contributed by atoms with van der Waals surface area (Å²) in [6, 6.07) is 10.0. The number of nitrogens with two attached hydrogens (primary N) is 1. The molecule has 4 N–H and O–H groups in total. The van der Waals surface area contributed by atoms with Crippen molar-refractivity contribution in [1.82, 2.24) is 9.97 Å². The third-order valence-electron chi connectivity index (χ3n) is 4.12. The van der Waals surface area contributed by atoms with Gasteiger partial charge in [-0.05, 0) is 12.8 Å². The number of hydrogen-bond donors (Lipinski definition) is 3. The summed E-state index contributed by atoms with van der Waals surface area (Å²) in [6.45, 7) is 6.15. The minimum atomic E-state index is 0.604. The summed E-state index contributed by atoms with van der Waals surface area (Å²) in [7, 11) is 0. The number of hydrogen-bond acceptors (Lipinski definition) is 5. The normalized spacial score (nSPS) is 10.6. The van der Waals surface area contributed by atoms with E-state index in [2.05, 4.69) is 34.4 Å². The van der Waals surface area contributed by atoms with E-state index in [0.717, 1.165) is 43.1 Å². The number of nitrogens with one attached hydrogen (secondary N) is 2. The zero-order valence-corrected chi connectivity index (χ0v) is 15.5. The molecule has 1 aromatic carbocycles. The molecule has 2 aromatic rings. The van der Waals surface area contributed by atoms with E-state index >= 15 is 0 Å². The third kappa shape index (κ3) is 5.93. The summed E-state index contributed by atoms with van der Waals surface area (Å²) in [6.07, 6.45) is 7.01. The van der Waals surface area contributed by atoms with Crippen LogP contribution in [0.3, 0.4) is 0 Å². The first-order valence-corrected chi connectivity index (χ1v) is 9.47. The molecule has 136 valence electrons. The van der Waals surface area contributed by atoms with Crippen molar-refractivity contribution in [1.29, 1.82) is 0 Å². The van der Waals surface area contributed by atoms with Crippen LogP contribution in [0.25, 0.3) is 11.4 Å². The van der Waals surface area contributed by atoms with Crippen LogP contribution in [0.5, 0.6) is 0 Å². The van der Waals surface area contributed by atoms with Gasteiger partial charge in [-0.25, -0.2) is 9.97 Å². The van der Waals surface area contributed by atoms with Gasteiger partial charge in [0.05, 0.1) is 0 Å². The predicted octanol–water partition coefficient (Wildman–Crippen LogP) is 4.93. The average molecular weight is 342 g/mol. The Morgan fingerprint density at radius 3 is 1.80 bits per heavy atom. The minimum Gasteiger partial charge on any atom is -0.393 e. The minimum absolute atomic E-state index is 0.604. The van der Waals surface area contributed by atoms with Crippen molar-refractivity contribution in [3.8, 4) is 11.4 Å². The largest absolute Gasteiger partial charge is 0.393 e. The fraction of sp³-hybridized carbons (Fsp3) is 0.500. The molecule has 0 bridgehead atoms. The van der Waals surface area contributed by atoms with Crippen LogP contribution in [0.1, 0.15) is 52.4 Å². The van der Waals surface area contributed by atoms with Crippen molar-refractivity contribution in [3.05, 3.63) is 30.3 Å². The predicted molar refractivity (Wildman–Crippen MR) is 108 cm³/mol. The molecule has 0 amide bonds. The molecule has 1 aromatic heterocycles. The van der Waals surface area contributed by atoms with Crippen molar-refractivity contribution >= 4 is 17.3 Å². The molecular weight excluding hydrogens is 310 g/mol. The number of rotatable bonds is 11. The maximum absolute atomic E-state index is 6.31. The van der Waals surface area contributed by atoms with Crippen LogP contribution < -0.4 is 16.4 Å². The van der Waals surface area contributed by atoms with Crippen LogP contribution >= 0.6 is 0 Å². The van der Waals surface area contributed by atoms with Crippen LogP contribution in [0.15, 0.2) is 30.3 Å². The molecule has 0 spiro atoms. The van der Waals surface area contributed by atoms with Gasteiger partial charge < -0.3 is 16.4 Å². The zero-order valence-electron chi connectivity index (χ0n) is 15.5. The number of nitrogen functional groups attached to an aromatic ring is 1. The molecule has 2 rings (SSSR count). The lowest BCUT2D eigenvalue weighted by Crippen LogP contribution is -2.13. The first-order chi connectivity index (χ1) is 12.3. The van der Waals surface area contributed by atoms with Gasteiger partial charge in [0.25, 0.3) is 0 Å². The van der Waals surface area contributed by atoms with Gasteiger partial charge in [-0.1, -0.05) is 69.9 Å². The summed E-state index contributed by atoms with van der Waals surface area (Å²) in [5.41, 5.74) is 7.91. The molecular formula is C20H31N5. The van der Waals surface area contributed by atoms with E-state index in [4.69, 9.17) is 5.73 Å². The van der Waals surface area contributed by atoms with Crippen molar-refractivity contribution in [2.75, 3.05) is 29.5 Å². The van der Waals surface area contributed by atoms with Gasteiger partial charge in [-0.15, -0.1) is 0 Å². The lowest BCUT2D eigenvalue weighted by molar-refractivity contribution is 0.740. The zero-order chi connectivity index (χ0) is 17.9. The number of nitrogens with zero attached hydrogens (tertiary/aromatic N) is 2. The Bertz CT molecular complexity index is 594. The topological polar surface area (TPSA) is 75.9 Å². The van der Waals surface area contributed by atoms with Crippen molar-refractivity contribution in [3.63, 3.8) is 0 Å². The molecule has 0 unspecified atom stereocenters. The second-order valence-electron chi connectivity index (χ2n) is 6.29. The Morgan fingerprint density at radius 2 is 1.32 bits per heavy atom. The van der Waals surface area contributed by atoms with Crippen molar-refractivity contribution < 1.29 is 0 Å². The van der Waals surface area contributed by atoms with Crippen molar-refractivity contribution in [2.45, 2.75) is 52.4 Å². The molecule has 5 heteroatoms. The summed E-state index contributed by atoms with van der Waals surface area (Å²) in [4.78, 5) is 9.32. The monoisotopic (exact) mass is 341 g/mol. The quantitative estimate of drug-likeness (QED) is 0.505. The van der Waals surface area contributed by atoms with Gasteiger partial charge in [0.15, 0.2) is 17.5 Å². The second-order valence-corrected chi connectivity index (χ2v) is 6.29. The van der Waals surface area contributed by atoms with Crippen LogP contribution in [-0.4, -0.2) is 23.1 Å². The van der Waals surface area contributed by atoms with E-state index in [0.29, 0.717) is 11.5 Å². The Hall–Kier alpha value is -2.30. The van der Waals surface area contributed by atoms with E-state index in [-0.39, 0.29) is 0 Å². The molecule has 0 saturated heterocycles. The average Bonchev–Trinajstić information content (AvgIpc) is 2.65. The molecule has 0 fully saturated rings. The maximum atomic E-state index is 6.31. The highest BCUT2D eigenvalue weighted by atomic mass is 15.1. The van der Waals surface area contributed by atoms with Gasteiger partial charge in [0, 0.05) is 18.7 Å². The number of anilines is 3. The highest BCUT2D eigenvalue weighted by Gasteiger charge is 2.12. The number of unbranched alkanes of at least 4 members (excludes halogenated alkanes) is 4. The van der Waals surface area contributed by atoms with E-state index < -0.39 is 0 Å². The fourth-order valence-corrected chi connectivity index (χ4v) is 2.62.